The second-order valence-electron chi connectivity index (χ2n) is 8.20. The van der Waals surface area contributed by atoms with E-state index in [0.29, 0.717) is 33.3 Å². The van der Waals surface area contributed by atoms with Gasteiger partial charge in [-0.25, -0.2) is 4.79 Å². The van der Waals surface area contributed by atoms with Crippen LogP contribution >= 0.6 is 0 Å². The lowest BCUT2D eigenvalue weighted by atomic mass is 9.66. The second kappa shape index (κ2) is 5.39. The fourth-order valence-electron chi connectivity index (χ4n) is 5.62. The molecule has 1 aliphatic heterocycles. The Labute approximate surface area is 179 Å². The lowest BCUT2D eigenvalue weighted by Crippen LogP contribution is -2.47. The van der Waals surface area contributed by atoms with Crippen LogP contribution in [0.3, 0.4) is 0 Å². The third-order valence-electron chi connectivity index (χ3n) is 6.75. The number of aromatic amines is 2. The molecule has 0 saturated heterocycles. The largest absolute Gasteiger partial charge is 0.340 e. The smallest absolute Gasteiger partial charge is 0.327 e. The average molecular weight is 419 g/mol. The average Bonchev–Trinajstić information content (AvgIpc) is 3.21. The topological polar surface area (TPSA) is 112 Å². The zero-order valence-electron chi connectivity index (χ0n) is 16.4. The molecule has 152 valence electrons. The Bertz CT molecular complexity index is 1740. The second-order valence-corrected chi connectivity index (χ2v) is 8.20. The Morgan fingerprint density at radius 3 is 2.25 bits per heavy atom. The number of allylic oxidation sites excluding steroid dienone is 1. The van der Waals surface area contributed by atoms with Crippen LogP contribution in [0.1, 0.15) is 37.4 Å². The minimum Gasteiger partial charge on any atom is -0.340 e. The van der Waals surface area contributed by atoms with Gasteiger partial charge in [0.15, 0.2) is 11.6 Å². The normalized spacial score (nSPS) is 19.9. The molecule has 7 rings (SSSR count). The molecule has 4 aromatic rings. The van der Waals surface area contributed by atoms with E-state index in [-0.39, 0.29) is 28.5 Å². The van der Waals surface area contributed by atoms with Crippen LogP contribution in [0.4, 0.5) is 5.82 Å². The summed E-state index contributed by atoms with van der Waals surface area (Å²) < 4.78 is 0. The van der Waals surface area contributed by atoms with Crippen LogP contribution in [0.5, 0.6) is 0 Å². The summed E-state index contributed by atoms with van der Waals surface area (Å²) in [7, 11) is 0. The summed E-state index contributed by atoms with van der Waals surface area (Å²) in [5.74, 6) is -0.532. The molecule has 0 bridgehead atoms. The quantitative estimate of drug-likeness (QED) is 0.406. The highest BCUT2D eigenvalue weighted by molar-refractivity contribution is 6.34. The van der Waals surface area contributed by atoms with E-state index in [0.717, 1.165) is 5.39 Å². The highest BCUT2D eigenvalue weighted by Gasteiger charge is 2.60. The highest BCUT2D eigenvalue weighted by atomic mass is 16.2. The molecule has 3 aliphatic rings. The molecular formula is C25H13N3O4. The summed E-state index contributed by atoms with van der Waals surface area (Å²) in [6, 6.07) is 18.0. The highest BCUT2D eigenvalue weighted by Crippen LogP contribution is 2.57. The molecule has 3 N–H and O–H groups in total. The van der Waals surface area contributed by atoms with Crippen molar-refractivity contribution in [3.05, 3.63) is 115 Å². The molecule has 1 atom stereocenters. The molecule has 0 amide bonds. The molecule has 1 unspecified atom stereocenters. The van der Waals surface area contributed by atoms with Gasteiger partial charge in [0.25, 0.3) is 5.56 Å². The van der Waals surface area contributed by atoms with E-state index in [1.807, 2.05) is 18.2 Å². The van der Waals surface area contributed by atoms with Gasteiger partial charge in [-0.3, -0.25) is 24.4 Å². The van der Waals surface area contributed by atoms with Crippen molar-refractivity contribution in [3.63, 3.8) is 0 Å². The van der Waals surface area contributed by atoms with E-state index in [2.05, 4.69) is 15.3 Å². The minimum atomic E-state index is -1.66. The third kappa shape index (κ3) is 1.71. The molecular weight excluding hydrogens is 406 g/mol. The van der Waals surface area contributed by atoms with Gasteiger partial charge in [0.1, 0.15) is 11.2 Å². The Morgan fingerprint density at radius 2 is 1.44 bits per heavy atom. The molecule has 1 spiro atoms. The lowest BCUT2D eigenvalue weighted by molar-refractivity contribution is 0.0910. The molecule has 3 aromatic carbocycles. The Hall–Kier alpha value is -4.52. The van der Waals surface area contributed by atoms with Crippen LogP contribution in [-0.4, -0.2) is 21.5 Å². The number of aromatic nitrogens is 2. The van der Waals surface area contributed by atoms with Gasteiger partial charge in [-0.05, 0) is 16.3 Å². The van der Waals surface area contributed by atoms with Crippen molar-refractivity contribution in [3.8, 4) is 0 Å². The number of hydrogen-bond acceptors (Lipinski definition) is 5. The number of carbonyl (C=O) groups is 2. The number of fused-ring (bicyclic) bond motifs is 6. The number of benzene rings is 3. The van der Waals surface area contributed by atoms with E-state index in [1.54, 1.807) is 42.5 Å². The summed E-state index contributed by atoms with van der Waals surface area (Å²) in [4.78, 5) is 58.3. The SMILES string of the molecule is O=C1C2=C(Nc3[nH]c(=O)[nH]c(=O)c3C23C(=O)c2cccc4cccc3c24)c2ccccc21. The maximum atomic E-state index is 14.2. The van der Waals surface area contributed by atoms with Crippen molar-refractivity contribution in [2.75, 3.05) is 5.32 Å². The third-order valence-corrected chi connectivity index (χ3v) is 6.75. The molecule has 2 aliphatic carbocycles. The lowest BCUT2D eigenvalue weighted by Gasteiger charge is -2.35. The van der Waals surface area contributed by atoms with E-state index in [9.17, 15) is 19.2 Å². The summed E-state index contributed by atoms with van der Waals surface area (Å²) in [5.41, 5.74) is -0.254. The van der Waals surface area contributed by atoms with Crippen molar-refractivity contribution in [1.29, 1.82) is 0 Å². The van der Waals surface area contributed by atoms with Gasteiger partial charge in [-0.1, -0.05) is 60.7 Å². The van der Waals surface area contributed by atoms with Gasteiger partial charge in [0, 0.05) is 22.3 Å². The summed E-state index contributed by atoms with van der Waals surface area (Å²) in [6.45, 7) is 0. The number of rotatable bonds is 0. The molecule has 1 aromatic heterocycles. The van der Waals surface area contributed by atoms with E-state index in [4.69, 9.17) is 0 Å². The van der Waals surface area contributed by atoms with Crippen LogP contribution in [0.25, 0.3) is 16.5 Å². The molecule has 32 heavy (non-hydrogen) atoms. The first kappa shape index (κ1) is 17.2. The maximum Gasteiger partial charge on any atom is 0.327 e. The van der Waals surface area contributed by atoms with Gasteiger partial charge in [-0.2, -0.15) is 0 Å². The fraction of sp³-hybridized carbons (Fsp3) is 0.0400. The summed E-state index contributed by atoms with van der Waals surface area (Å²) in [6.07, 6.45) is 0. The van der Waals surface area contributed by atoms with Crippen molar-refractivity contribution in [2.45, 2.75) is 5.41 Å². The Morgan fingerprint density at radius 1 is 0.719 bits per heavy atom. The number of H-pyrrole nitrogens is 2. The van der Waals surface area contributed by atoms with Crippen LogP contribution < -0.4 is 16.6 Å². The molecule has 7 nitrogen and oxygen atoms in total. The van der Waals surface area contributed by atoms with Gasteiger partial charge >= 0.3 is 5.69 Å². The Balaban J connectivity index is 1.73. The maximum absolute atomic E-state index is 14.2. The van der Waals surface area contributed by atoms with Gasteiger partial charge in [-0.15, -0.1) is 0 Å². The zero-order valence-corrected chi connectivity index (χ0v) is 16.4. The zero-order chi connectivity index (χ0) is 21.8. The monoisotopic (exact) mass is 419 g/mol. The van der Waals surface area contributed by atoms with Crippen LogP contribution in [0, 0.1) is 0 Å². The van der Waals surface area contributed by atoms with Crippen molar-refractivity contribution < 1.29 is 9.59 Å². The standard InChI is InChI=1S/C25H13N3O4/c29-20-13-8-2-1-7-12(13)19-17(20)25(18-22(26-19)27-24(32)28-23(18)31)15-10-4-6-11-5-3-9-14(16(11)15)21(25)30/h1-10H,(H3,26,27,28,31,32). The van der Waals surface area contributed by atoms with Gasteiger partial charge in [0.2, 0.25) is 0 Å². The predicted molar refractivity (Wildman–Crippen MR) is 118 cm³/mol. The van der Waals surface area contributed by atoms with E-state index in [1.165, 1.54) is 0 Å². The van der Waals surface area contributed by atoms with Gasteiger partial charge < -0.3 is 5.32 Å². The number of ketones is 2. The molecule has 0 radical (unpaired) electrons. The number of anilines is 1. The van der Waals surface area contributed by atoms with Crippen molar-refractivity contribution in [1.82, 2.24) is 9.97 Å². The first-order chi connectivity index (χ1) is 15.5. The van der Waals surface area contributed by atoms with Crippen LogP contribution in [-0.2, 0) is 5.41 Å². The number of Topliss-reactive ketones (excluding diaryl/α,β-unsaturated/α-hetero) is 2. The van der Waals surface area contributed by atoms with E-state index < -0.39 is 16.7 Å². The van der Waals surface area contributed by atoms with Crippen molar-refractivity contribution in [2.24, 2.45) is 0 Å². The fourth-order valence-corrected chi connectivity index (χ4v) is 5.62. The summed E-state index contributed by atoms with van der Waals surface area (Å²) >= 11 is 0. The first-order valence-electron chi connectivity index (χ1n) is 10.1. The minimum absolute atomic E-state index is 0.0331. The van der Waals surface area contributed by atoms with Crippen molar-refractivity contribution >= 4 is 33.9 Å². The molecule has 0 fully saturated rings. The summed E-state index contributed by atoms with van der Waals surface area (Å²) in [5, 5.41) is 4.65. The molecule has 0 saturated carbocycles. The van der Waals surface area contributed by atoms with E-state index >= 15 is 0 Å². The Kier molecular flexibility index (Phi) is 2.90. The number of carbonyl (C=O) groups excluding carboxylic acids is 2. The first-order valence-corrected chi connectivity index (χ1v) is 10.1. The van der Waals surface area contributed by atoms with Gasteiger partial charge in [0.05, 0.1) is 11.3 Å². The van der Waals surface area contributed by atoms with Crippen LogP contribution in [0.15, 0.2) is 75.8 Å². The van der Waals surface area contributed by atoms with Crippen LogP contribution in [0.2, 0.25) is 0 Å². The molecule has 2 heterocycles. The number of nitrogens with one attached hydrogen (secondary N) is 3. The molecule has 7 heteroatoms. The predicted octanol–water partition coefficient (Wildman–Crippen LogP) is 2.73. The number of hydrogen-bond donors (Lipinski definition) is 3.